The number of piperidine rings is 1. The van der Waals surface area contributed by atoms with Gasteiger partial charge in [-0.2, -0.15) is 0 Å². The van der Waals surface area contributed by atoms with Crippen LogP contribution in [0.4, 0.5) is 0 Å². The number of amides is 1. The molecule has 5 heteroatoms. The van der Waals surface area contributed by atoms with Crippen molar-refractivity contribution in [3.8, 4) is 11.5 Å². The highest BCUT2D eigenvalue weighted by molar-refractivity contribution is 5.73. The van der Waals surface area contributed by atoms with Crippen molar-refractivity contribution in [3.63, 3.8) is 0 Å². The van der Waals surface area contributed by atoms with Gasteiger partial charge in [0.25, 0.3) is 0 Å². The molecule has 1 fully saturated rings. The number of benzene rings is 1. The predicted octanol–water partition coefficient (Wildman–Crippen LogP) is 2.19. The van der Waals surface area contributed by atoms with Gasteiger partial charge in [-0.25, -0.2) is 0 Å². The molecule has 0 bridgehead atoms. The van der Waals surface area contributed by atoms with Crippen LogP contribution in [0, 0.1) is 5.92 Å². The lowest BCUT2D eigenvalue weighted by atomic mass is 9.93. The number of fused-ring (bicyclic) bond motifs is 1. The first-order valence-corrected chi connectivity index (χ1v) is 8.51. The second-order valence-electron chi connectivity index (χ2n) is 6.51. The van der Waals surface area contributed by atoms with Crippen molar-refractivity contribution in [2.75, 3.05) is 26.3 Å². The molecule has 5 nitrogen and oxygen atoms in total. The van der Waals surface area contributed by atoms with Crippen molar-refractivity contribution in [1.82, 2.24) is 10.2 Å². The summed E-state index contributed by atoms with van der Waals surface area (Å²) in [5, 5.41) is 3.64. The molecular weight excluding hydrogens is 292 g/mol. The van der Waals surface area contributed by atoms with E-state index in [4.69, 9.17) is 9.47 Å². The van der Waals surface area contributed by atoms with E-state index in [1.165, 1.54) is 0 Å². The van der Waals surface area contributed by atoms with E-state index in [1.54, 1.807) is 6.92 Å². The number of hydrogen-bond donors (Lipinski definition) is 1. The number of nitrogens with one attached hydrogen (secondary N) is 1. The molecule has 2 atom stereocenters. The average Bonchev–Trinajstić information content (AvgIpc) is 2.79. The Hall–Kier alpha value is -1.75. The molecule has 0 radical (unpaired) electrons. The minimum Gasteiger partial charge on any atom is -0.490 e. The number of ether oxygens (including phenoxy) is 2. The molecule has 2 unspecified atom stereocenters. The molecule has 2 aliphatic heterocycles. The molecule has 0 aliphatic carbocycles. The largest absolute Gasteiger partial charge is 0.490 e. The van der Waals surface area contributed by atoms with E-state index in [2.05, 4.69) is 18.3 Å². The number of hydrogen-bond acceptors (Lipinski definition) is 4. The number of para-hydroxylation sites is 1. The summed E-state index contributed by atoms with van der Waals surface area (Å²) in [4.78, 5) is 13.4. The van der Waals surface area contributed by atoms with E-state index in [-0.39, 0.29) is 5.91 Å². The predicted molar refractivity (Wildman–Crippen MR) is 88.7 cm³/mol. The van der Waals surface area contributed by atoms with Crippen LogP contribution in [0.15, 0.2) is 18.2 Å². The second kappa shape index (κ2) is 7.21. The van der Waals surface area contributed by atoms with Crippen molar-refractivity contribution in [1.29, 1.82) is 0 Å². The van der Waals surface area contributed by atoms with Crippen LogP contribution in [0.1, 0.15) is 32.3 Å². The van der Waals surface area contributed by atoms with Crippen LogP contribution in [0.25, 0.3) is 0 Å². The summed E-state index contributed by atoms with van der Waals surface area (Å²) in [5.74, 6) is 2.36. The van der Waals surface area contributed by atoms with E-state index in [9.17, 15) is 4.79 Å². The molecule has 1 aromatic rings. The summed E-state index contributed by atoms with van der Waals surface area (Å²) >= 11 is 0. The van der Waals surface area contributed by atoms with E-state index in [0.29, 0.717) is 25.2 Å². The van der Waals surface area contributed by atoms with Gasteiger partial charge in [0.2, 0.25) is 5.91 Å². The van der Waals surface area contributed by atoms with Crippen molar-refractivity contribution in [3.05, 3.63) is 23.8 Å². The summed E-state index contributed by atoms with van der Waals surface area (Å²) < 4.78 is 11.6. The summed E-state index contributed by atoms with van der Waals surface area (Å²) in [6.07, 6.45) is 1.91. The van der Waals surface area contributed by atoms with Crippen molar-refractivity contribution in [2.24, 2.45) is 5.92 Å². The van der Waals surface area contributed by atoms with Crippen LogP contribution in [0.5, 0.6) is 11.5 Å². The Balaban J connectivity index is 1.62. The molecule has 1 aromatic carbocycles. The number of nitrogens with zero attached hydrogens (tertiary/aromatic N) is 1. The van der Waals surface area contributed by atoms with E-state index < -0.39 is 0 Å². The third-order valence-electron chi connectivity index (χ3n) is 4.76. The number of carbonyl (C=O) groups excluding carboxylic acids is 1. The fourth-order valence-electron chi connectivity index (χ4n) is 3.37. The SMILES string of the molecule is CC(=O)N1CCC(NCc2cccc3c2OCCCO3)C(C)C1. The third kappa shape index (κ3) is 3.78. The molecule has 0 spiro atoms. The third-order valence-corrected chi connectivity index (χ3v) is 4.76. The van der Waals surface area contributed by atoms with Crippen LogP contribution in [0.3, 0.4) is 0 Å². The summed E-state index contributed by atoms with van der Waals surface area (Å²) in [6.45, 7) is 7.71. The molecule has 1 N–H and O–H groups in total. The van der Waals surface area contributed by atoms with Crippen LogP contribution >= 0.6 is 0 Å². The summed E-state index contributed by atoms with van der Waals surface area (Å²) in [5.41, 5.74) is 1.14. The zero-order valence-electron chi connectivity index (χ0n) is 14.0. The Labute approximate surface area is 137 Å². The van der Waals surface area contributed by atoms with Gasteiger partial charge in [-0.1, -0.05) is 19.1 Å². The molecule has 3 rings (SSSR count). The summed E-state index contributed by atoms with van der Waals surface area (Å²) in [7, 11) is 0. The van der Waals surface area contributed by atoms with Crippen molar-refractivity contribution < 1.29 is 14.3 Å². The Morgan fingerprint density at radius 1 is 1.35 bits per heavy atom. The van der Waals surface area contributed by atoms with E-state index >= 15 is 0 Å². The maximum absolute atomic E-state index is 11.5. The van der Waals surface area contributed by atoms with Gasteiger partial charge in [-0.3, -0.25) is 4.79 Å². The molecule has 2 heterocycles. The van der Waals surface area contributed by atoms with Gasteiger partial charge in [-0.15, -0.1) is 0 Å². The van der Waals surface area contributed by atoms with Gasteiger partial charge in [-0.05, 0) is 18.4 Å². The maximum Gasteiger partial charge on any atom is 0.219 e. The maximum atomic E-state index is 11.5. The number of carbonyl (C=O) groups is 1. The average molecular weight is 318 g/mol. The quantitative estimate of drug-likeness (QED) is 0.928. The van der Waals surface area contributed by atoms with Crippen molar-refractivity contribution in [2.45, 2.75) is 39.3 Å². The van der Waals surface area contributed by atoms with E-state index in [1.807, 2.05) is 17.0 Å². The first-order valence-electron chi connectivity index (χ1n) is 8.51. The molecule has 1 saturated heterocycles. The van der Waals surface area contributed by atoms with Gasteiger partial charge in [0, 0.05) is 44.6 Å². The van der Waals surface area contributed by atoms with Gasteiger partial charge in [0.15, 0.2) is 11.5 Å². The Morgan fingerprint density at radius 2 is 2.17 bits per heavy atom. The molecule has 0 aromatic heterocycles. The smallest absolute Gasteiger partial charge is 0.219 e. The van der Waals surface area contributed by atoms with Gasteiger partial charge >= 0.3 is 0 Å². The number of rotatable bonds is 3. The Bertz CT molecular complexity index is 561. The standard InChI is InChI=1S/C18H26N2O3/c1-13-12-20(14(2)21)8-7-16(13)19-11-15-5-3-6-17-18(15)23-10-4-9-22-17/h3,5-6,13,16,19H,4,7-12H2,1-2H3. The molecule has 0 saturated carbocycles. The molecule has 1 amide bonds. The highest BCUT2D eigenvalue weighted by Gasteiger charge is 2.27. The zero-order valence-corrected chi connectivity index (χ0v) is 14.0. The lowest BCUT2D eigenvalue weighted by Gasteiger charge is -2.37. The normalized spacial score (nSPS) is 24.2. The minimum absolute atomic E-state index is 0.175. The molecule has 23 heavy (non-hydrogen) atoms. The van der Waals surface area contributed by atoms with Crippen LogP contribution in [-0.2, 0) is 11.3 Å². The first kappa shape index (κ1) is 16.1. The Kier molecular flexibility index (Phi) is 5.06. The highest BCUT2D eigenvalue weighted by Crippen LogP contribution is 2.33. The van der Waals surface area contributed by atoms with Crippen LogP contribution in [0.2, 0.25) is 0 Å². The lowest BCUT2D eigenvalue weighted by molar-refractivity contribution is -0.130. The summed E-state index contributed by atoms with van der Waals surface area (Å²) in [6, 6.07) is 6.51. The fourth-order valence-corrected chi connectivity index (χ4v) is 3.37. The molecular formula is C18H26N2O3. The first-order chi connectivity index (χ1) is 11.1. The van der Waals surface area contributed by atoms with Crippen molar-refractivity contribution >= 4 is 5.91 Å². The van der Waals surface area contributed by atoms with Gasteiger partial charge < -0.3 is 19.7 Å². The fraction of sp³-hybridized carbons (Fsp3) is 0.611. The lowest BCUT2D eigenvalue weighted by Crippen LogP contribution is -2.49. The molecule has 2 aliphatic rings. The zero-order chi connectivity index (χ0) is 16.2. The monoisotopic (exact) mass is 318 g/mol. The van der Waals surface area contributed by atoms with E-state index in [0.717, 1.165) is 49.5 Å². The minimum atomic E-state index is 0.175. The van der Waals surface area contributed by atoms with Crippen LogP contribution in [-0.4, -0.2) is 43.2 Å². The van der Waals surface area contributed by atoms with Gasteiger partial charge in [0.1, 0.15) is 0 Å². The highest BCUT2D eigenvalue weighted by atomic mass is 16.5. The topological polar surface area (TPSA) is 50.8 Å². The Morgan fingerprint density at radius 3 is 2.96 bits per heavy atom. The van der Waals surface area contributed by atoms with Gasteiger partial charge in [0.05, 0.1) is 13.2 Å². The number of likely N-dealkylation sites (tertiary alicyclic amines) is 1. The second-order valence-corrected chi connectivity index (χ2v) is 6.51. The molecule has 126 valence electrons. The van der Waals surface area contributed by atoms with Crippen LogP contribution < -0.4 is 14.8 Å².